The third kappa shape index (κ3) is 9.35. The Morgan fingerprint density at radius 3 is 2.05 bits per heavy atom. The van der Waals surface area contributed by atoms with Crippen molar-refractivity contribution < 1.29 is 19.1 Å². The van der Waals surface area contributed by atoms with Gasteiger partial charge >= 0.3 is 0 Å². The van der Waals surface area contributed by atoms with Crippen LogP contribution in [0.15, 0.2) is 86.1 Å². The van der Waals surface area contributed by atoms with E-state index in [0.29, 0.717) is 43.3 Å². The molecule has 3 aromatic rings. The van der Waals surface area contributed by atoms with Gasteiger partial charge in [-0.3, -0.25) is 9.59 Å². The summed E-state index contributed by atoms with van der Waals surface area (Å²) in [4.78, 5) is 29.4. The predicted octanol–water partition coefficient (Wildman–Crippen LogP) is 9.50. The van der Waals surface area contributed by atoms with Gasteiger partial charge in [-0.1, -0.05) is 46.4 Å². The lowest BCUT2D eigenvalue weighted by Gasteiger charge is -2.13. The number of ketones is 1. The van der Waals surface area contributed by atoms with Gasteiger partial charge in [0.25, 0.3) is 11.8 Å². The van der Waals surface area contributed by atoms with E-state index in [-0.39, 0.29) is 16.6 Å². The Morgan fingerprint density at radius 1 is 0.857 bits per heavy atom. The standard InChI is InChI=1S/C28H24Cl4N6O4/c1-15-10-25(34-28(40)27(17(3)39)38-36-23-8-6-19(30)12-21(23)32)16(2)9-24(15)33-14-42-26(13-41-4)37-35-22-7-5-18(29)11-20(22)31/h5-14,27H,1-4H3,(H,34,40)/b26-13-,33-14?,37-35?,38-36?. The molecule has 3 rings (SSSR count). The van der Waals surface area contributed by atoms with Gasteiger partial charge in [-0.2, -0.15) is 10.2 Å². The fourth-order valence-corrected chi connectivity index (χ4v) is 4.15. The number of azo groups is 2. The maximum absolute atomic E-state index is 12.9. The molecular formula is C28H24Cl4N6O4. The van der Waals surface area contributed by atoms with Crippen LogP contribution in [0, 0.1) is 13.8 Å². The number of methoxy groups -OCH3 is 1. The van der Waals surface area contributed by atoms with Crippen molar-refractivity contribution in [2.45, 2.75) is 26.8 Å². The van der Waals surface area contributed by atoms with Crippen molar-refractivity contribution in [3.63, 3.8) is 0 Å². The number of hydrogen-bond acceptors (Lipinski definition) is 9. The molecule has 1 atom stereocenters. The highest BCUT2D eigenvalue weighted by Gasteiger charge is 2.24. The molecule has 0 fully saturated rings. The first-order valence-corrected chi connectivity index (χ1v) is 13.6. The van der Waals surface area contributed by atoms with E-state index in [2.05, 4.69) is 30.8 Å². The number of benzene rings is 3. The van der Waals surface area contributed by atoms with Crippen molar-refractivity contribution in [1.29, 1.82) is 0 Å². The lowest BCUT2D eigenvalue weighted by atomic mass is 10.1. The normalized spacial score (nSPS) is 12.7. The zero-order valence-corrected chi connectivity index (χ0v) is 25.8. The smallest absolute Gasteiger partial charge is 0.274 e. The lowest BCUT2D eigenvalue weighted by molar-refractivity contribution is -0.126. The number of rotatable bonds is 11. The molecule has 1 N–H and O–H groups in total. The maximum atomic E-state index is 12.9. The van der Waals surface area contributed by atoms with Crippen LogP contribution in [-0.2, 0) is 19.1 Å². The van der Waals surface area contributed by atoms with E-state index in [1.165, 1.54) is 38.8 Å². The molecule has 0 aliphatic carbocycles. The van der Waals surface area contributed by atoms with Crippen molar-refractivity contribution in [1.82, 2.24) is 0 Å². The number of carbonyl (C=O) groups excluding carboxylic acids is 2. The Hall–Kier alpha value is -3.83. The van der Waals surface area contributed by atoms with E-state index >= 15 is 0 Å². The van der Waals surface area contributed by atoms with Gasteiger partial charge in [0.05, 0.1) is 22.8 Å². The molecule has 3 aromatic carbocycles. The highest BCUT2D eigenvalue weighted by atomic mass is 35.5. The number of nitrogens with one attached hydrogen (secondary N) is 1. The van der Waals surface area contributed by atoms with Crippen LogP contribution < -0.4 is 5.32 Å². The number of ether oxygens (including phenoxy) is 2. The van der Waals surface area contributed by atoms with E-state index in [1.807, 2.05) is 0 Å². The molecule has 14 heteroatoms. The first-order valence-electron chi connectivity index (χ1n) is 12.1. The van der Waals surface area contributed by atoms with E-state index in [4.69, 9.17) is 55.9 Å². The minimum atomic E-state index is -1.38. The Balaban J connectivity index is 1.71. The fourth-order valence-electron chi connectivity index (χ4n) is 3.25. The molecule has 0 spiro atoms. The summed E-state index contributed by atoms with van der Waals surface area (Å²) >= 11 is 24.0. The number of hydrogen-bond donors (Lipinski definition) is 1. The fraction of sp³-hybridized carbons (Fsp3) is 0.179. The largest absolute Gasteiger partial charge is 0.499 e. The van der Waals surface area contributed by atoms with Crippen LogP contribution in [0.1, 0.15) is 18.1 Å². The monoisotopic (exact) mass is 648 g/mol. The van der Waals surface area contributed by atoms with E-state index < -0.39 is 17.7 Å². The van der Waals surface area contributed by atoms with Gasteiger partial charge in [0.2, 0.25) is 6.04 Å². The summed E-state index contributed by atoms with van der Waals surface area (Å²) in [5.74, 6) is -1.14. The van der Waals surface area contributed by atoms with Crippen LogP contribution in [0.25, 0.3) is 0 Å². The van der Waals surface area contributed by atoms with Crippen LogP contribution in [-0.4, -0.2) is 31.2 Å². The number of Topliss-reactive ketones (excluding diaryl/α,β-unsaturated/α-hetero) is 1. The Labute approximate surface area is 262 Å². The second-order valence-electron chi connectivity index (χ2n) is 8.61. The van der Waals surface area contributed by atoms with Crippen molar-refractivity contribution in [3.8, 4) is 0 Å². The minimum absolute atomic E-state index is 0.00912. The molecule has 0 heterocycles. The third-order valence-corrected chi connectivity index (χ3v) is 6.45. The number of carbonyl (C=O) groups is 2. The average molecular weight is 650 g/mol. The molecule has 1 unspecified atom stereocenters. The molecule has 42 heavy (non-hydrogen) atoms. The zero-order chi connectivity index (χ0) is 30.8. The second-order valence-corrected chi connectivity index (χ2v) is 10.3. The number of aryl methyl sites for hydroxylation is 2. The van der Waals surface area contributed by atoms with Crippen LogP contribution in [0.5, 0.6) is 0 Å². The number of anilines is 1. The summed E-state index contributed by atoms with van der Waals surface area (Å²) in [6, 6.07) is 11.4. The summed E-state index contributed by atoms with van der Waals surface area (Å²) < 4.78 is 10.4. The Bertz CT molecular complexity index is 1610. The highest BCUT2D eigenvalue weighted by Crippen LogP contribution is 2.30. The van der Waals surface area contributed by atoms with Crippen molar-refractivity contribution in [2.75, 3.05) is 12.4 Å². The summed E-state index contributed by atoms with van der Waals surface area (Å²) in [7, 11) is 1.43. The van der Waals surface area contributed by atoms with E-state index in [0.717, 1.165) is 0 Å². The first-order chi connectivity index (χ1) is 20.0. The molecule has 0 radical (unpaired) electrons. The highest BCUT2D eigenvalue weighted by molar-refractivity contribution is 6.36. The molecule has 10 nitrogen and oxygen atoms in total. The van der Waals surface area contributed by atoms with Crippen molar-refractivity contribution in [2.24, 2.45) is 25.4 Å². The van der Waals surface area contributed by atoms with Gasteiger partial charge < -0.3 is 14.8 Å². The lowest BCUT2D eigenvalue weighted by Crippen LogP contribution is -2.32. The maximum Gasteiger partial charge on any atom is 0.274 e. The third-order valence-electron chi connectivity index (χ3n) is 5.37. The number of amides is 1. The van der Waals surface area contributed by atoms with Crippen molar-refractivity contribution >= 4 is 87.2 Å². The van der Waals surface area contributed by atoms with Gasteiger partial charge in [-0.25, -0.2) is 4.99 Å². The Morgan fingerprint density at radius 2 is 1.48 bits per heavy atom. The summed E-state index contributed by atoms with van der Waals surface area (Å²) in [6.07, 6.45) is 2.40. The minimum Gasteiger partial charge on any atom is -0.499 e. The van der Waals surface area contributed by atoms with E-state index in [9.17, 15) is 9.59 Å². The van der Waals surface area contributed by atoms with E-state index in [1.54, 1.807) is 50.2 Å². The van der Waals surface area contributed by atoms with Crippen LogP contribution in [0.2, 0.25) is 20.1 Å². The topological polar surface area (TPSA) is 126 Å². The molecule has 0 aliphatic rings. The number of halogens is 4. The molecule has 0 saturated carbocycles. The zero-order valence-electron chi connectivity index (χ0n) is 22.7. The van der Waals surface area contributed by atoms with Gasteiger partial charge in [0, 0.05) is 15.7 Å². The van der Waals surface area contributed by atoms with Crippen LogP contribution in [0.3, 0.4) is 0 Å². The summed E-state index contributed by atoms with van der Waals surface area (Å²) in [6.45, 7) is 4.81. The van der Waals surface area contributed by atoms with Gasteiger partial charge in [0.15, 0.2) is 12.2 Å². The summed E-state index contributed by atoms with van der Waals surface area (Å²) in [5.41, 5.74) is 3.06. The molecule has 218 valence electrons. The van der Waals surface area contributed by atoms with Gasteiger partial charge in [-0.05, 0) is 80.4 Å². The Kier molecular flexibility index (Phi) is 12.0. The molecule has 0 aromatic heterocycles. The molecule has 0 saturated heterocycles. The summed E-state index contributed by atoms with van der Waals surface area (Å²) in [5, 5.41) is 20.1. The molecule has 0 aliphatic heterocycles. The first kappa shape index (κ1) is 32.7. The number of aliphatic imine (C=N–C) groups is 1. The van der Waals surface area contributed by atoms with Gasteiger partial charge in [-0.15, -0.1) is 10.2 Å². The van der Waals surface area contributed by atoms with Crippen molar-refractivity contribution in [3.05, 3.63) is 91.9 Å². The molecule has 1 amide bonds. The second kappa shape index (κ2) is 15.4. The van der Waals surface area contributed by atoms with Crippen LogP contribution in [0.4, 0.5) is 22.7 Å². The van der Waals surface area contributed by atoms with Gasteiger partial charge in [0.1, 0.15) is 17.6 Å². The predicted molar refractivity (Wildman–Crippen MR) is 165 cm³/mol. The average Bonchev–Trinajstić information content (AvgIpc) is 2.91. The molecule has 0 bridgehead atoms. The van der Waals surface area contributed by atoms with Crippen LogP contribution >= 0.6 is 46.4 Å². The number of nitrogens with zero attached hydrogens (tertiary/aromatic N) is 5. The molecular weight excluding hydrogens is 626 g/mol. The quantitative estimate of drug-likeness (QED) is 0.0729. The SMILES string of the molecule is CO/C=C(/N=Nc1ccc(Cl)cc1Cl)OC=Nc1cc(C)c(NC(=O)C(N=Nc2ccc(Cl)cc2Cl)C(C)=O)cc1C.